The van der Waals surface area contributed by atoms with Gasteiger partial charge >= 0.3 is 5.97 Å². The van der Waals surface area contributed by atoms with E-state index >= 15 is 0 Å². The molecule has 0 bridgehead atoms. The number of benzene rings is 4. The van der Waals surface area contributed by atoms with Crippen LogP contribution < -0.4 is 5.32 Å². The second-order valence-electron chi connectivity index (χ2n) is 9.47. The number of esters is 1. The SMILES string of the molecule is CC(C)(C)c1ccc(C(=O)Nc2cccc(C(=O)OC(c3ccccc3)c3ccccc3)c2)cc1. The highest BCUT2D eigenvalue weighted by Crippen LogP contribution is 2.28. The topological polar surface area (TPSA) is 55.4 Å². The molecule has 0 fully saturated rings. The first-order chi connectivity index (χ1) is 16.8. The maximum absolute atomic E-state index is 13.1. The Morgan fingerprint density at radius 2 is 1.26 bits per heavy atom. The lowest BCUT2D eigenvalue weighted by Crippen LogP contribution is -2.15. The summed E-state index contributed by atoms with van der Waals surface area (Å²) in [6, 6.07) is 33.7. The number of anilines is 1. The average molecular weight is 464 g/mol. The van der Waals surface area contributed by atoms with Gasteiger partial charge in [0.1, 0.15) is 0 Å². The minimum Gasteiger partial charge on any atom is -0.449 e. The molecule has 0 heterocycles. The number of rotatable bonds is 6. The van der Waals surface area contributed by atoms with E-state index in [1.54, 1.807) is 24.3 Å². The molecule has 35 heavy (non-hydrogen) atoms. The van der Waals surface area contributed by atoms with E-state index in [9.17, 15) is 9.59 Å². The Morgan fingerprint density at radius 1 is 0.686 bits per heavy atom. The summed E-state index contributed by atoms with van der Waals surface area (Å²) in [6.07, 6.45) is -0.538. The van der Waals surface area contributed by atoms with Crippen molar-refractivity contribution >= 4 is 17.6 Å². The monoisotopic (exact) mass is 463 g/mol. The van der Waals surface area contributed by atoms with Crippen LogP contribution in [0.2, 0.25) is 0 Å². The molecule has 0 aliphatic carbocycles. The summed E-state index contributed by atoms with van der Waals surface area (Å²) in [5.41, 5.74) is 4.39. The van der Waals surface area contributed by atoms with Crippen molar-refractivity contribution in [1.82, 2.24) is 0 Å². The minimum atomic E-state index is -0.538. The Kier molecular flexibility index (Phi) is 7.11. The Balaban J connectivity index is 1.50. The number of amides is 1. The van der Waals surface area contributed by atoms with Crippen LogP contribution in [-0.2, 0) is 10.2 Å². The molecule has 4 nitrogen and oxygen atoms in total. The Bertz CT molecular complexity index is 1250. The van der Waals surface area contributed by atoms with Crippen molar-refractivity contribution in [2.75, 3.05) is 5.32 Å². The molecule has 0 saturated heterocycles. The molecule has 0 spiro atoms. The summed E-state index contributed by atoms with van der Waals surface area (Å²) >= 11 is 0. The van der Waals surface area contributed by atoms with E-state index in [-0.39, 0.29) is 11.3 Å². The third kappa shape index (κ3) is 6.04. The summed E-state index contributed by atoms with van der Waals surface area (Å²) in [5, 5.41) is 2.88. The van der Waals surface area contributed by atoms with Crippen LogP contribution in [0.3, 0.4) is 0 Å². The fraction of sp³-hybridized carbons (Fsp3) is 0.161. The van der Waals surface area contributed by atoms with Gasteiger partial charge in [-0.25, -0.2) is 4.79 Å². The molecule has 0 radical (unpaired) electrons. The highest BCUT2D eigenvalue weighted by Gasteiger charge is 2.20. The Labute approximate surface area is 206 Å². The van der Waals surface area contributed by atoms with E-state index in [4.69, 9.17) is 4.74 Å². The molecule has 4 aromatic carbocycles. The quantitative estimate of drug-likeness (QED) is 0.308. The van der Waals surface area contributed by atoms with Crippen LogP contribution >= 0.6 is 0 Å². The molecular formula is C31H29NO3. The van der Waals surface area contributed by atoms with Crippen molar-refractivity contribution in [2.45, 2.75) is 32.3 Å². The molecule has 0 atom stereocenters. The van der Waals surface area contributed by atoms with Crippen LogP contribution in [0.1, 0.15) is 64.3 Å². The first-order valence-electron chi connectivity index (χ1n) is 11.6. The molecular weight excluding hydrogens is 434 g/mol. The van der Waals surface area contributed by atoms with E-state index in [2.05, 4.69) is 26.1 Å². The maximum atomic E-state index is 13.1. The van der Waals surface area contributed by atoms with Gasteiger partial charge in [0.05, 0.1) is 5.56 Å². The third-order valence-electron chi connectivity index (χ3n) is 5.80. The van der Waals surface area contributed by atoms with Gasteiger partial charge in [0.15, 0.2) is 6.10 Å². The normalized spacial score (nSPS) is 11.2. The molecule has 0 aliphatic heterocycles. The van der Waals surface area contributed by atoms with E-state index in [0.29, 0.717) is 16.8 Å². The number of hydrogen-bond acceptors (Lipinski definition) is 3. The zero-order valence-electron chi connectivity index (χ0n) is 20.2. The zero-order chi connectivity index (χ0) is 24.8. The van der Waals surface area contributed by atoms with Crippen molar-refractivity contribution < 1.29 is 14.3 Å². The Hall–Kier alpha value is -4.18. The number of hydrogen-bond donors (Lipinski definition) is 1. The Morgan fingerprint density at radius 3 is 1.80 bits per heavy atom. The molecule has 0 aromatic heterocycles. The minimum absolute atomic E-state index is 0.0149. The van der Waals surface area contributed by atoms with Crippen molar-refractivity contribution in [1.29, 1.82) is 0 Å². The van der Waals surface area contributed by atoms with E-state index < -0.39 is 12.1 Å². The zero-order valence-corrected chi connectivity index (χ0v) is 20.2. The van der Waals surface area contributed by atoms with Gasteiger partial charge in [0, 0.05) is 11.3 Å². The van der Waals surface area contributed by atoms with Crippen LogP contribution in [-0.4, -0.2) is 11.9 Å². The summed E-state index contributed by atoms with van der Waals surface area (Å²) in [7, 11) is 0. The number of nitrogens with one attached hydrogen (secondary N) is 1. The van der Waals surface area contributed by atoms with Crippen LogP contribution in [0.5, 0.6) is 0 Å². The molecule has 0 unspecified atom stereocenters. The lowest BCUT2D eigenvalue weighted by atomic mass is 9.87. The van der Waals surface area contributed by atoms with Crippen LogP contribution in [0.4, 0.5) is 5.69 Å². The van der Waals surface area contributed by atoms with Crippen molar-refractivity contribution in [3.8, 4) is 0 Å². The predicted octanol–water partition coefficient (Wildman–Crippen LogP) is 7.18. The molecule has 4 aromatic rings. The van der Waals surface area contributed by atoms with Gasteiger partial charge in [-0.1, -0.05) is 99.6 Å². The average Bonchev–Trinajstić information content (AvgIpc) is 2.88. The second-order valence-corrected chi connectivity index (χ2v) is 9.47. The van der Waals surface area contributed by atoms with Crippen molar-refractivity contribution in [3.63, 3.8) is 0 Å². The first-order valence-corrected chi connectivity index (χ1v) is 11.6. The first kappa shape index (κ1) is 24.0. The standard InChI is InChI=1S/C31H29NO3/c1-31(2,3)26-19-17-24(18-20-26)29(33)32-27-16-10-15-25(21-27)30(34)35-28(22-11-6-4-7-12-22)23-13-8-5-9-14-23/h4-21,28H,1-3H3,(H,32,33). The van der Waals surface area contributed by atoms with E-state index in [1.807, 2.05) is 84.9 Å². The smallest absolute Gasteiger partial charge is 0.339 e. The maximum Gasteiger partial charge on any atom is 0.339 e. The molecule has 1 N–H and O–H groups in total. The largest absolute Gasteiger partial charge is 0.449 e. The van der Waals surface area contributed by atoms with Gasteiger partial charge in [0.25, 0.3) is 5.91 Å². The van der Waals surface area contributed by atoms with Crippen molar-refractivity contribution in [2.24, 2.45) is 0 Å². The van der Waals surface area contributed by atoms with Gasteiger partial charge < -0.3 is 10.1 Å². The highest BCUT2D eigenvalue weighted by atomic mass is 16.5. The van der Waals surface area contributed by atoms with Gasteiger partial charge in [-0.15, -0.1) is 0 Å². The van der Waals surface area contributed by atoms with Gasteiger partial charge in [0.2, 0.25) is 0 Å². The van der Waals surface area contributed by atoms with Gasteiger partial charge in [-0.2, -0.15) is 0 Å². The molecule has 0 aliphatic rings. The summed E-state index contributed by atoms with van der Waals surface area (Å²) in [5.74, 6) is -0.698. The molecule has 4 heteroatoms. The number of carbonyl (C=O) groups excluding carboxylic acids is 2. The van der Waals surface area contributed by atoms with E-state index in [1.165, 1.54) is 0 Å². The van der Waals surface area contributed by atoms with Crippen molar-refractivity contribution in [3.05, 3.63) is 137 Å². The highest BCUT2D eigenvalue weighted by molar-refractivity contribution is 6.04. The molecule has 0 saturated carbocycles. The van der Waals surface area contributed by atoms with E-state index in [0.717, 1.165) is 16.7 Å². The fourth-order valence-corrected chi connectivity index (χ4v) is 3.81. The molecule has 176 valence electrons. The molecule has 4 rings (SSSR count). The second kappa shape index (κ2) is 10.4. The predicted molar refractivity (Wildman–Crippen MR) is 140 cm³/mol. The summed E-state index contributed by atoms with van der Waals surface area (Å²) in [4.78, 5) is 25.9. The third-order valence-corrected chi connectivity index (χ3v) is 5.80. The van der Waals surface area contributed by atoms with Crippen LogP contribution in [0, 0.1) is 0 Å². The lowest BCUT2D eigenvalue weighted by Gasteiger charge is -2.19. The van der Waals surface area contributed by atoms with Gasteiger partial charge in [-0.05, 0) is 52.4 Å². The lowest BCUT2D eigenvalue weighted by molar-refractivity contribution is 0.0378. The molecule has 1 amide bonds. The van der Waals surface area contributed by atoms with Crippen LogP contribution in [0.25, 0.3) is 0 Å². The fourth-order valence-electron chi connectivity index (χ4n) is 3.81. The number of ether oxygens (including phenoxy) is 1. The summed E-state index contributed by atoms with van der Waals surface area (Å²) in [6.45, 7) is 6.40. The summed E-state index contributed by atoms with van der Waals surface area (Å²) < 4.78 is 5.95. The van der Waals surface area contributed by atoms with Gasteiger partial charge in [-0.3, -0.25) is 4.79 Å². The van der Waals surface area contributed by atoms with Crippen LogP contribution in [0.15, 0.2) is 109 Å². The number of carbonyl (C=O) groups is 2.